The summed E-state index contributed by atoms with van der Waals surface area (Å²) in [5.74, 6) is 0. The Balaban J connectivity index is 2.52. The van der Waals surface area contributed by atoms with E-state index in [0.29, 0.717) is 0 Å². The van der Waals surface area contributed by atoms with Crippen LogP contribution < -0.4 is 4.90 Å². The Morgan fingerprint density at radius 1 is 1.33 bits per heavy atom. The van der Waals surface area contributed by atoms with Gasteiger partial charge >= 0.3 is 0 Å². The van der Waals surface area contributed by atoms with Crippen LogP contribution in [-0.4, -0.2) is 7.05 Å². The van der Waals surface area contributed by atoms with Crippen molar-refractivity contribution in [1.29, 1.82) is 0 Å². The van der Waals surface area contributed by atoms with Crippen LogP contribution in [0.2, 0.25) is 0 Å². The Morgan fingerprint density at radius 3 is 3.00 bits per heavy atom. The normalized spacial score (nSPS) is 14.7. The van der Waals surface area contributed by atoms with Gasteiger partial charge in [0.2, 0.25) is 0 Å². The van der Waals surface area contributed by atoms with Gasteiger partial charge in [0, 0.05) is 18.9 Å². The average Bonchev–Trinajstić information content (AvgIpc) is 2.07. The highest BCUT2D eigenvalue weighted by Gasteiger charge is 2.07. The van der Waals surface area contributed by atoms with Crippen molar-refractivity contribution in [3.63, 3.8) is 0 Å². The molecule has 0 atom stereocenters. The number of hydrogen-bond acceptors (Lipinski definition) is 1. The molecule has 1 heteroatoms. The molecule has 0 aromatic heterocycles. The zero-order valence-electron chi connectivity index (χ0n) is 7.54. The molecule has 0 bridgehead atoms. The van der Waals surface area contributed by atoms with Crippen molar-refractivity contribution in [2.24, 2.45) is 0 Å². The minimum absolute atomic E-state index is 1.07. The van der Waals surface area contributed by atoms with Gasteiger partial charge in [0.05, 0.1) is 0 Å². The maximum atomic E-state index is 2.23. The molecule has 1 aromatic carbocycles. The molecule has 0 amide bonds. The van der Waals surface area contributed by atoms with E-state index in [-0.39, 0.29) is 0 Å². The SMILES string of the molecule is Cc1ccc2c(c1)N(C)C=CC2. The van der Waals surface area contributed by atoms with Gasteiger partial charge in [-0.25, -0.2) is 0 Å². The van der Waals surface area contributed by atoms with Gasteiger partial charge < -0.3 is 4.90 Å². The second-order valence-electron chi connectivity index (χ2n) is 3.33. The van der Waals surface area contributed by atoms with Gasteiger partial charge in [-0.1, -0.05) is 18.2 Å². The standard InChI is InChI=1S/C11H13N/c1-9-5-6-10-4-3-7-12(2)11(10)8-9/h3,5-8H,4H2,1-2H3. The Morgan fingerprint density at radius 2 is 2.17 bits per heavy atom. The minimum atomic E-state index is 1.07. The average molecular weight is 159 g/mol. The van der Waals surface area contributed by atoms with Crippen molar-refractivity contribution < 1.29 is 0 Å². The van der Waals surface area contributed by atoms with Crippen LogP contribution in [-0.2, 0) is 6.42 Å². The third-order valence-corrected chi connectivity index (χ3v) is 2.29. The maximum absolute atomic E-state index is 2.23. The first-order valence-electron chi connectivity index (χ1n) is 4.26. The lowest BCUT2D eigenvalue weighted by Crippen LogP contribution is -2.13. The molecule has 1 nitrogen and oxygen atoms in total. The highest BCUT2D eigenvalue weighted by molar-refractivity contribution is 5.59. The van der Waals surface area contributed by atoms with Crippen molar-refractivity contribution in [2.75, 3.05) is 11.9 Å². The van der Waals surface area contributed by atoms with Crippen molar-refractivity contribution >= 4 is 5.69 Å². The predicted octanol–water partition coefficient (Wildman–Crippen LogP) is 2.50. The predicted molar refractivity (Wildman–Crippen MR) is 52.4 cm³/mol. The fraction of sp³-hybridized carbons (Fsp3) is 0.273. The van der Waals surface area contributed by atoms with E-state index in [9.17, 15) is 0 Å². The number of hydrogen-bond donors (Lipinski definition) is 0. The summed E-state index contributed by atoms with van der Waals surface area (Å²) in [6.45, 7) is 2.13. The number of rotatable bonds is 0. The molecule has 2 rings (SSSR count). The molecule has 0 unspecified atom stereocenters. The summed E-state index contributed by atoms with van der Waals surface area (Å²) >= 11 is 0. The molecule has 12 heavy (non-hydrogen) atoms. The fourth-order valence-corrected chi connectivity index (χ4v) is 1.59. The van der Waals surface area contributed by atoms with Crippen LogP contribution in [0.25, 0.3) is 0 Å². The van der Waals surface area contributed by atoms with E-state index >= 15 is 0 Å². The van der Waals surface area contributed by atoms with Gasteiger partial charge in [-0.15, -0.1) is 0 Å². The smallest absolute Gasteiger partial charge is 0.0441 e. The topological polar surface area (TPSA) is 3.24 Å². The highest BCUT2D eigenvalue weighted by Crippen LogP contribution is 2.25. The molecule has 0 saturated carbocycles. The lowest BCUT2D eigenvalue weighted by atomic mass is 10.0. The summed E-state index contributed by atoms with van der Waals surface area (Å²) in [5, 5.41) is 0. The van der Waals surface area contributed by atoms with Gasteiger partial charge in [0.1, 0.15) is 0 Å². The maximum Gasteiger partial charge on any atom is 0.0441 e. The quantitative estimate of drug-likeness (QED) is 0.562. The monoisotopic (exact) mass is 159 g/mol. The second-order valence-corrected chi connectivity index (χ2v) is 3.33. The highest BCUT2D eigenvalue weighted by atomic mass is 15.1. The number of aryl methyl sites for hydroxylation is 1. The zero-order chi connectivity index (χ0) is 8.55. The summed E-state index contributed by atoms with van der Waals surface area (Å²) in [4.78, 5) is 2.17. The minimum Gasteiger partial charge on any atom is -0.351 e. The fourth-order valence-electron chi connectivity index (χ4n) is 1.59. The number of nitrogens with zero attached hydrogens (tertiary/aromatic N) is 1. The van der Waals surface area contributed by atoms with Crippen LogP contribution in [0.5, 0.6) is 0 Å². The third kappa shape index (κ3) is 1.11. The van der Waals surface area contributed by atoms with E-state index in [2.05, 4.69) is 49.3 Å². The molecular weight excluding hydrogens is 146 g/mol. The molecule has 0 spiro atoms. The molecule has 1 aliphatic heterocycles. The molecule has 0 aliphatic carbocycles. The van der Waals surface area contributed by atoms with Crippen LogP contribution in [0.1, 0.15) is 11.1 Å². The van der Waals surface area contributed by atoms with Crippen LogP contribution in [0.15, 0.2) is 30.5 Å². The first-order chi connectivity index (χ1) is 5.77. The Bertz CT molecular complexity index is 326. The Hall–Kier alpha value is -1.24. The Kier molecular flexibility index (Phi) is 1.65. The lowest BCUT2D eigenvalue weighted by molar-refractivity contribution is 1.08. The molecule has 0 radical (unpaired) electrons. The molecule has 1 aromatic rings. The van der Waals surface area contributed by atoms with Crippen LogP contribution in [0, 0.1) is 6.92 Å². The van der Waals surface area contributed by atoms with Crippen LogP contribution in [0.3, 0.4) is 0 Å². The number of fused-ring (bicyclic) bond motifs is 1. The summed E-state index contributed by atoms with van der Waals surface area (Å²) in [7, 11) is 2.09. The number of allylic oxidation sites excluding steroid dienone is 1. The van der Waals surface area contributed by atoms with Crippen molar-refractivity contribution in [1.82, 2.24) is 0 Å². The molecule has 62 valence electrons. The van der Waals surface area contributed by atoms with Gasteiger partial charge in [0.25, 0.3) is 0 Å². The van der Waals surface area contributed by atoms with Gasteiger partial charge in [0.15, 0.2) is 0 Å². The van der Waals surface area contributed by atoms with E-state index in [1.165, 1.54) is 16.8 Å². The van der Waals surface area contributed by atoms with Gasteiger partial charge in [-0.05, 0) is 30.5 Å². The first-order valence-corrected chi connectivity index (χ1v) is 4.26. The number of anilines is 1. The number of benzene rings is 1. The molecule has 1 heterocycles. The lowest BCUT2D eigenvalue weighted by Gasteiger charge is -2.22. The molecular formula is C11H13N. The van der Waals surface area contributed by atoms with E-state index in [1.54, 1.807) is 0 Å². The van der Waals surface area contributed by atoms with Crippen molar-refractivity contribution in [3.05, 3.63) is 41.6 Å². The third-order valence-electron chi connectivity index (χ3n) is 2.29. The van der Waals surface area contributed by atoms with Crippen molar-refractivity contribution in [3.8, 4) is 0 Å². The largest absolute Gasteiger partial charge is 0.351 e. The van der Waals surface area contributed by atoms with Crippen LogP contribution in [0.4, 0.5) is 5.69 Å². The summed E-state index contributed by atoms with van der Waals surface area (Å²) in [6.07, 6.45) is 5.39. The molecule has 1 aliphatic rings. The summed E-state index contributed by atoms with van der Waals surface area (Å²) in [6, 6.07) is 6.62. The van der Waals surface area contributed by atoms with E-state index in [0.717, 1.165) is 6.42 Å². The molecule has 0 N–H and O–H groups in total. The molecule has 0 fully saturated rings. The summed E-state index contributed by atoms with van der Waals surface area (Å²) < 4.78 is 0. The van der Waals surface area contributed by atoms with E-state index < -0.39 is 0 Å². The first kappa shape index (κ1) is 7.41. The van der Waals surface area contributed by atoms with Gasteiger partial charge in [-0.2, -0.15) is 0 Å². The van der Waals surface area contributed by atoms with E-state index in [4.69, 9.17) is 0 Å². The van der Waals surface area contributed by atoms with Crippen molar-refractivity contribution in [2.45, 2.75) is 13.3 Å². The van der Waals surface area contributed by atoms with E-state index in [1.807, 2.05) is 0 Å². The second kappa shape index (κ2) is 2.67. The summed E-state index contributed by atoms with van der Waals surface area (Å²) in [5.41, 5.74) is 4.10. The van der Waals surface area contributed by atoms with Gasteiger partial charge in [-0.3, -0.25) is 0 Å². The van der Waals surface area contributed by atoms with Crippen LogP contribution >= 0.6 is 0 Å². The molecule has 0 saturated heterocycles. The zero-order valence-corrected chi connectivity index (χ0v) is 7.54. The Labute approximate surface area is 73.3 Å².